The molecule has 10 heteroatoms. The summed E-state index contributed by atoms with van der Waals surface area (Å²) in [5.74, 6) is -1.32. The molecule has 1 N–H and O–H groups in total. The fourth-order valence-corrected chi connectivity index (χ4v) is 4.43. The van der Waals surface area contributed by atoms with Crippen LogP contribution >= 0.6 is 0 Å². The van der Waals surface area contributed by atoms with Crippen LogP contribution in [0.5, 0.6) is 0 Å². The Kier molecular flexibility index (Phi) is 17.4. The second-order valence-corrected chi connectivity index (χ2v) is 10.7. The van der Waals surface area contributed by atoms with Crippen LogP contribution in [-0.4, -0.2) is 34.4 Å². The van der Waals surface area contributed by atoms with Crippen molar-refractivity contribution in [1.29, 1.82) is 0 Å². The summed E-state index contributed by atoms with van der Waals surface area (Å²) < 4.78 is 5.40. The molecule has 0 aliphatic carbocycles. The molecule has 10 nitrogen and oxygen atoms in total. The van der Waals surface area contributed by atoms with E-state index in [2.05, 4.69) is 12.2 Å². The van der Waals surface area contributed by atoms with Crippen molar-refractivity contribution < 1.29 is 24.2 Å². The number of benzene rings is 1. The Morgan fingerprint density at radius 2 is 1.21 bits per heavy atom. The molecular weight excluding hydrogens is 502 g/mol. The largest absolute Gasteiger partial charge is 0.464 e. The van der Waals surface area contributed by atoms with Gasteiger partial charge in [-0.1, -0.05) is 104 Å². The molecular formula is C29H47N3O7. The zero-order valence-electron chi connectivity index (χ0n) is 24.0. The van der Waals surface area contributed by atoms with E-state index in [1.807, 2.05) is 13.8 Å². The highest BCUT2D eigenvalue weighted by molar-refractivity contribution is 5.98. The highest BCUT2D eigenvalue weighted by Gasteiger charge is 2.26. The first kappa shape index (κ1) is 34.0. The average molecular weight is 550 g/mol. The van der Waals surface area contributed by atoms with Crippen LogP contribution in [-0.2, 0) is 9.53 Å². The predicted octanol–water partition coefficient (Wildman–Crippen LogP) is 7.67. The third kappa shape index (κ3) is 15.2. The molecule has 0 bridgehead atoms. The van der Waals surface area contributed by atoms with Gasteiger partial charge in [0, 0.05) is 12.1 Å². The van der Waals surface area contributed by atoms with E-state index in [0.717, 1.165) is 37.5 Å². The lowest BCUT2D eigenvalue weighted by atomic mass is 10.0. The van der Waals surface area contributed by atoms with Gasteiger partial charge in [0.25, 0.3) is 17.3 Å². The standard InChI is InChI=1S/C29H47N3O7/c1-4-5-6-7-8-9-10-11-12-13-14-15-16-17-18-39-29(34)27(19-23(2)3)30-28(33)24-20-25(31(35)36)22-26(21-24)32(37)38/h20-23,27H,4-19H2,1-3H3,(H,30,33). The third-order valence-electron chi connectivity index (χ3n) is 6.63. The third-order valence-corrected chi connectivity index (χ3v) is 6.63. The Morgan fingerprint density at radius 3 is 1.62 bits per heavy atom. The minimum Gasteiger partial charge on any atom is -0.464 e. The van der Waals surface area contributed by atoms with Crippen molar-refractivity contribution in [2.45, 2.75) is 123 Å². The molecule has 0 spiro atoms. The lowest BCUT2D eigenvalue weighted by Crippen LogP contribution is -2.42. The molecule has 0 radical (unpaired) electrons. The maximum atomic E-state index is 12.7. The molecule has 1 atom stereocenters. The van der Waals surface area contributed by atoms with E-state index in [1.54, 1.807) is 0 Å². The van der Waals surface area contributed by atoms with Gasteiger partial charge in [-0.25, -0.2) is 4.79 Å². The van der Waals surface area contributed by atoms with Crippen LogP contribution in [0.2, 0.25) is 0 Å². The molecule has 1 rings (SSSR count). The minimum atomic E-state index is -0.956. The Bertz CT molecular complexity index is 873. The number of hydrogen-bond donors (Lipinski definition) is 1. The van der Waals surface area contributed by atoms with E-state index in [1.165, 1.54) is 70.6 Å². The fourth-order valence-electron chi connectivity index (χ4n) is 4.43. The first-order valence-corrected chi connectivity index (χ1v) is 14.6. The number of nitro groups is 2. The van der Waals surface area contributed by atoms with Crippen molar-refractivity contribution in [2.75, 3.05) is 6.61 Å². The van der Waals surface area contributed by atoms with Gasteiger partial charge < -0.3 is 10.1 Å². The summed E-state index contributed by atoms with van der Waals surface area (Å²) in [5.41, 5.74) is -1.41. The molecule has 1 aromatic rings. The van der Waals surface area contributed by atoms with Gasteiger partial charge in [0.1, 0.15) is 6.04 Å². The molecule has 0 aliphatic rings. The summed E-state index contributed by atoms with van der Waals surface area (Å²) in [6.07, 6.45) is 17.5. The first-order valence-electron chi connectivity index (χ1n) is 14.6. The minimum absolute atomic E-state index is 0.0587. The van der Waals surface area contributed by atoms with Crippen molar-refractivity contribution in [3.05, 3.63) is 44.0 Å². The molecule has 0 aliphatic heterocycles. The quantitative estimate of drug-likeness (QED) is 0.0676. The normalized spacial score (nSPS) is 11.8. The molecule has 1 unspecified atom stereocenters. The van der Waals surface area contributed by atoms with Gasteiger partial charge in [-0.05, 0) is 18.8 Å². The maximum Gasteiger partial charge on any atom is 0.328 e. The van der Waals surface area contributed by atoms with Crippen LogP contribution in [0.15, 0.2) is 18.2 Å². The van der Waals surface area contributed by atoms with Crippen molar-refractivity contribution in [3.63, 3.8) is 0 Å². The second-order valence-electron chi connectivity index (χ2n) is 10.7. The number of rotatable bonds is 22. The molecule has 1 amide bonds. The summed E-state index contributed by atoms with van der Waals surface area (Å²) in [5, 5.41) is 24.8. The Labute approximate surface area is 232 Å². The van der Waals surface area contributed by atoms with Crippen LogP contribution in [0.4, 0.5) is 11.4 Å². The van der Waals surface area contributed by atoms with Crippen molar-refractivity contribution in [3.8, 4) is 0 Å². The van der Waals surface area contributed by atoms with Crippen LogP contribution < -0.4 is 5.32 Å². The number of esters is 1. The van der Waals surface area contributed by atoms with Gasteiger partial charge in [-0.3, -0.25) is 25.0 Å². The van der Waals surface area contributed by atoms with E-state index >= 15 is 0 Å². The summed E-state index contributed by atoms with van der Waals surface area (Å²) in [4.78, 5) is 46.1. The summed E-state index contributed by atoms with van der Waals surface area (Å²) >= 11 is 0. The summed E-state index contributed by atoms with van der Waals surface area (Å²) in [7, 11) is 0. The molecule has 0 heterocycles. The molecule has 39 heavy (non-hydrogen) atoms. The first-order chi connectivity index (χ1) is 18.6. The van der Waals surface area contributed by atoms with Gasteiger partial charge in [-0.2, -0.15) is 0 Å². The maximum absolute atomic E-state index is 12.7. The second kappa shape index (κ2) is 19.9. The molecule has 0 saturated carbocycles. The number of non-ortho nitro benzene ring substituents is 2. The molecule has 0 aromatic heterocycles. The zero-order chi connectivity index (χ0) is 29.0. The van der Waals surface area contributed by atoms with Crippen LogP contribution in [0.1, 0.15) is 127 Å². The van der Waals surface area contributed by atoms with Crippen molar-refractivity contribution in [1.82, 2.24) is 5.32 Å². The summed E-state index contributed by atoms with van der Waals surface area (Å²) in [6.45, 7) is 6.27. The smallest absolute Gasteiger partial charge is 0.328 e. The van der Waals surface area contributed by atoms with E-state index in [0.29, 0.717) is 6.42 Å². The summed E-state index contributed by atoms with van der Waals surface area (Å²) in [6, 6.07) is 1.74. The number of carbonyl (C=O) groups is 2. The SMILES string of the molecule is CCCCCCCCCCCCCCCCOC(=O)C(CC(C)C)NC(=O)c1cc([N+](=O)[O-])cc([N+](=O)[O-])c1. The number of nitro benzene ring substituents is 2. The average Bonchev–Trinajstić information content (AvgIpc) is 2.89. The fraction of sp³-hybridized carbons (Fsp3) is 0.724. The highest BCUT2D eigenvalue weighted by Crippen LogP contribution is 2.23. The number of nitrogens with zero attached hydrogens (tertiary/aromatic N) is 2. The van der Waals surface area contributed by atoms with E-state index in [4.69, 9.17) is 4.74 Å². The van der Waals surface area contributed by atoms with Gasteiger partial charge in [-0.15, -0.1) is 0 Å². The number of ether oxygens (including phenoxy) is 1. The predicted molar refractivity (Wildman–Crippen MR) is 152 cm³/mol. The Morgan fingerprint density at radius 1 is 0.769 bits per heavy atom. The van der Waals surface area contributed by atoms with Gasteiger partial charge in [0.2, 0.25) is 0 Å². The molecule has 1 aromatic carbocycles. The van der Waals surface area contributed by atoms with E-state index in [9.17, 15) is 29.8 Å². The number of unbranched alkanes of at least 4 members (excludes halogenated alkanes) is 13. The molecule has 0 saturated heterocycles. The number of nitrogens with one attached hydrogen (secondary N) is 1. The van der Waals surface area contributed by atoms with Gasteiger partial charge in [0.05, 0.1) is 28.1 Å². The highest BCUT2D eigenvalue weighted by atomic mass is 16.6. The monoisotopic (exact) mass is 549 g/mol. The van der Waals surface area contributed by atoms with E-state index < -0.39 is 39.1 Å². The lowest BCUT2D eigenvalue weighted by Gasteiger charge is -2.19. The van der Waals surface area contributed by atoms with Gasteiger partial charge >= 0.3 is 5.97 Å². The number of hydrogen-bond acceptors (Lipinski definition) is 7. The Balaban J connectivity index is 2.37. The van der Waals surface area contributed by atoms with Crippen molar-refractivity contribution >= 4 is 23.3 Å². The van der Waals surface area contributed by atoms with Crippen LogP contribution in [0.25, 0.3) is 0 Å². The van der Waals surface area contributed by atoms with E-state index in [-0.39, 0.29) is 18.1 Å². The zero-order valence-corrected chi connectivity index (χ0v) is 24.0. The van der Waals surface area contributed by atoms with Crippen LogP contribution in [0, 0.1) is 26.1 Å². The molecule has 0 fully saturated rings. The number of carbonyl (C=O) groups excluding carboxylic acids is 2. The van der Waals surface area contributed by atoms with Crippen molar-refractivity contribution in [2.24, 2.45) is 5.92 Å². The Hall–Kier alpha value is -3.04. The number of amides is 1. The van der Waals surface area contributed by atoms with Gasteiger partial charge in [0.15, 0.2) is 0 Å². The van der Waals surface area contributed by atoms with Crippen LogP contribution in [0.3, 0.4) is 0 Å². The molecule has 220 valence electrons. The lowest BCUT2D eigenvalue weighted by molar-refractivity contribution is -0.394. The topological polar surface area (TPSA) is 142 Å².